The number of hydrogen-bond donors (Lipinski definition) is 4. The monoisotopic (exact) mass is 356 g/mol. The Hall–Kier alpha value is -2.38. The molecule has 7 heteroatoms. The third-order valence-electron chi connectivity index (χ3n) is 5.14. The molecule has 0 bridgehead atoms. The number of carbonyl (C=O) groups excluding carboxylic acids is 2. The Balaban J connectivity index is 1.35. The van der Waals surface area contributed by atoms with Crippen LogP contribution in [0.15, 0.2) is 28.7 Å². The van der Waals surface area contributed by atoms with Gasteiger partial charge in [-0.15, -0.1) is 0 Å². The van der Waals surface area contributed by atoms with Gasteiger partial charge in [0.15, 0.2) is 6.04 Å². The second kappa shape index (κ2) is 7.47. The fraction of sp³-hybridized carbons (Fsp3) is 0.474. The van der Waals surface area contributed by atoms with E-state index in [2.05, 4.69) is 33.4 Å². The Morgan fingerprint density at radius 1 is 1.15 bits per heavy atom. The number of furan rings is 1. The summed E-state index contributed by atoms with van der Waals surface area (Å²) in [7, 11) is 0. The van der Waals surface area contributed by atoms with Crippen LogP contribution in [0.25, 0.3) is 11.0 Å². The predicted octanol–water partition coefficient (Wildman–Crippen LogP) is 1.44. The molecule has 138 valence electrons. The molecule has 2 aromatic rings. The summed E-state index contributed by atoms with van der Waals surface area (Å²) in [5.41, 5.74) is 1.95. The van der Waals surface area contributed by atoms with Gasteiger partial charge in [-0.05, 0) is 75.1 Å². The van der Waals surface area contributed by atoms with Crippen molar-refractivity contribution >= 4 is 22.9 Å². The van der Waals surface area contributed by atoms with Crippen LogP contribution in [-0.4, -0.2) is 38.1 Å². The van der Waals surface area contributed by atoms with Gasteiger partial charge in [-0.2, -0.15) is 0 Å². The standard InChI is InChI=1S/C19H24N4O3/c24-18-17(22-19(25)23-18)16-10-14-9-12(1-2-15(14)26-16)3-8-21-11-13-4-6-20-7-5-13/h1-2,9-10,13,17,20-21H,3-8,11H2,(H2,22,23,24,25)/t17-/m0/s1. The summed E-state index contributed by atoms with van der Waals surface area (Å²) in [6.45, 7) is 4.29. The smallest absolute Gasteiger partial charge is 0.322 e. The van der Waals surface area contributed by atoms with Crippen LogP contribution in [0.3, 0.4) is 0 Å². The largest absolute Gasteiger partial charge is 0.458 e. The van der Waals surface area contributed by atoms with Crippen molar-refractivity contribution in [2.75, 3.05) is 26.2 Å². The van der Waals surface area contributed by atoms with Crippen molar-refractivity contribution < 1.29 is 14.0 Å². The highest BCUT2D eigenvalue weighted by Gasteiger charge is 2.33. The second-order valence-electron chi connectivity index (χ2n) is 7.06. The maximum absolute atomic E-state index is 11.8. The van der Waals surface area contributed by atoms with Crippen LogP contribution in [0.5, 0.6) is 0 Å². The SMILES string of the molecule is O=C1NC(=O)[C@H](c2cc3cc(CCNCC4CCNCC4)ccc3o2)N1. The van der Waals surface area contributed by atoms with E-state index in [1.54, 1.807) is 0 Å². The molecular weight excluding hydrogens is 332 g/mol. The number of rotatable bonds is 6. The third-order valence-corrected chi connectivity index (χ3v) is 5.14. The van der Waals surface area contributed by atoms with Crippen molar-refractivity contribution in [3.8, 4) is 0 Å². The highest BCUT2D eigenvalue weighted by molar-refractivity contribution is 6.04. The van der Waals surface area contributed by atoms with Gasteiger partial charge < -0.3 is 20.4 Å². The van der Waals surface area contributed by atoms with Crippen molar-refractivity contribution in [2.24, 2.45) is 5.92 Å². The molecule has 0 spiro atoms. The Morgan fingerprint density at radius 2 is 2.00 bits per heavy atom. The summed E-state index contributed by atoms with van der Waals surface area (Å²) in [6.07, 6.45) is 3.45. The van der Waals surface area contributed by atoms with E-state index >= 15 is 0 Å². The van der Waals surface area contributed by atoms with E-state index in [0.29, 0.717) is 5.76 Å². The summed E-state index contributed by atoms with van der Waals surface area (Å²) in [4.78, 5) is 23.0. The van der Waals surface area contributed by atoms with E-state index in [4.69, 9.17) is 4.42 Å². The lowest BCUT2D eigenvalue weighted by Gasteiger charge is -2.22. The van der Waals surface area contributed by atoms with E-state index < -0.39 is 12.1 Å². The number of amides is 3. The Kier molecular flexibility index (Phi) is 4.90. The number of fused-ring (bicyclic) bond motifs is 1. The fourth-order valence-electron chi connectivity index (χ4n) is 3.65. The van der Waals surface area contributed by atoms with Gasteiger partial charge >= 0.3 is 6.03 Å². The van der Waals surface area contributed by atoms with Crippen LogP contribution in [0, 0.1) is 5.92 Å². The third kappa shape index (κ3) is 3.73. The van der Waals surface area contributed by atoms with Crippen molar-refractivity contribution in [1.82, 2.24) is 21.3 Å². The van der Waals surface area contributed by atoms with Crippen LogP contribution in [0.1, 0.15) is 30.2 Å². The first kappa shape index (κ1) is 17.1. The van der Waals surface area contributed by atoms with E-state index in [1.165, 1.54) is 18.4 Å². The van der Waals surface area contributed by atoms with Crippen molar-refractivity contribution in [2.45, 2.75) is 25.3 Å². The summed E-state index contributed by atoms with van der Waals surface area (Å²) < 4.78 is 5.73. The number of urea groups is 1. The van der Waals surface area contributed by atoms with Gasteiger partial charge in [0.25, 0.3) is 5.91 Å². The molecule has 3 heterocycles. The van der Waals surface area contributed by atoms with Crippen molar-refractivity contribution in [3.63, 3.8) is 0 Å². The minimum absolute atomic E-state index is 0.378. The van der Waals surface area contributed by atoms with Gasteiger partial charge in [0.05, 0.1) is 0 Å². The Labute approximate surface area is 151 Å². The lowest BCUT2D eigenvalue weighted by molar-refractivity contribution is -0.120. The number of nitrogens with one attached hydrogen (secondary N) is 4. The molecular formula is C19H24N4O3. The molecule has 2 aliphatic rings. The molecule has 3 amide bonds. The molecule has 4 N–H and O–H groups in total. The molecule has 1 atom stereocenters. The molecule has 1 aromatic heterocycles. The number of carbonyl (C=O) groups is 2. The fourth-order valence-corrected chi connectivity index (χ4v) is 3.65. The summed E-state index contributed by atoms with van der Waals surface area (Å²) in [6, 6.07) is 6.66. The minimum Gasteiger partial charge on any atom is -0.458 e. The van der Waals surface area contributed by atoms with E-state index in [1.807, 2.05) is 12.1 Å². The lowest BCUT2D eigenvalue weighted by Crippen LogP contribution is -2.34. The lowest BCUT2D eigenvalue weighted by atomic mass is 9.98. The predicted molar refractivity (Wildman–Crippen MR) is 97.8 cm³/mol. The second-order valence-corrected chi connectivity index (χ2v) is 7.06. The molecule has 0 saturated carbocycles. The number of hydrogen-bond acceptors (Lipinski definition) is 5. The van der Waals surface area contributed by atoms with Crippen LogP contribution in [0.4, 0.5) is 4.79 Å². The first-order valence-electron chi connectivity index (χ1n) is 9.24. The van der Waals surface area contributed by atoms with Gasteiger partial charge in [-0.3, -0.25) is 10.1 Å². The highest BCUT2D eigenvalue weighted by atomic mass is 16.3. The first-order valence-corrected chi connectivity index (χ1v) is 9.24. The van der Waals surface area contributed by atoms with Crippen molar-refractivity contribution in [3.05, 3.63) is 35.6 Å². The molecule has 2 fully saturated rings. The van der Waals surface area contributed by atoms with Gasteiger partial charge in [0.2, 0.25) is 0 Å². The maximum atomic E-state index is 11.8. The number of benzene rings is 1. The highest BCUT2D eigenvalue weighted by Crippen LogP contribution is 2.26. The van der Waals surface area contributed by atoms with E-state index in [0.717, 1.165) is 49.5 Å². The zero-order valence-electron chi connectivity index (χ0n) is 14.6. The van der Waals surface area contributed by atoms with Gasteiger partial charge in [-0.25, -0.2) is 4.79 Å². The molecule has 2 aliphatic heterocycles. The molecule has 0 unspecified atom stereocenters. The molecule has 2 saturated heterocycles. The summed E-state index contributed by atoms with van der Waals surface area (Å²) in [5.74, 6) is 0.865. The van der Waals surface area contributed by atoms with Gasteiger partial charge in [0.1, 0.15) is 11.3 Å². The van der Waals surface area contributed by atoms with Gasteiger partial charge in [-0.1, -0.05) is 6.07 Å². The summed E-state index contributed by atoms with van der Waals surface area (Å²) in [5, 5.41) is 12.7. The number of piperidine rings is 1. The van der Waals surface area contributed by atoms with E-state index in [-0.39, 0.29) is 5.91 Å². The molecule has 0 aliphatic carbocycles. The molecule has 26 heavy (non-hydrogen) atoms. The molecule has 1 aromatic carbocycles. The zero-order valence-corrected chi connectivity index (χ0v) is 14.6. The maximum Gasteiger partial charge on any atom is 0.322 e. The normalized spacial score (nSPS) is 21.2. The zero-order chi connectivity index (χ0) is 17.9. The van der Waals surface area contributed by atoms with Gasteiger partial charge in [0, 0.05) is 5.39 Å². The van der Waals surface area contributed by atoms with Crippen LogP contribution >= 0.6 is 0 Å². The molecule has 0 radical (unpaired) electrons. The quantitative estimate of drug-likeness (QED) is 0.464. The molecule has 4 rings (SSSR count). The van der Waals surface area contributed by atoms with Crippen LogP contribution in [-0.2, 0) is 11.2 Å². The van der Waals surface area contributed by atoms with E-state index in [9.17, 15) is 9.59 Å². The Bertz CT molecular complexity index is 810. The topological polar surface area (TPSA) is 95.4 Å². The average Bonchev–Trinajstić information content (AvgIpc) is 3.21. The minimum atomic E-state index is -0.745. The average molecular weight is 356 g/mol. The van der Waals surface area contributed by atoms with Crippen molar-refractivity contribution in [1.29, 1.82) is 0 Å². The molecule has 7 nitrogen and oxygen atoms in total. The number of imide groups is 1. The summed E-state index contributed by atoms with van der Waals surface area (Å²) >= 11 is 0. The van der Waals surface area contributed by atoms with Crippen LogP contribution < -0.4 is 21.3 Å². The first-order chi connectivity index (χ1) is 12.7. The Morgan fingerprint density at radius 3 is 2.77 bits per heavy atom. The van der Waals surface area contributed by atoms with Crippen LogP contribution in [0.2, 0.25) is 0 Å².